The largest absolute Gasteiger partial charge is 0.373 e. The Morgan fingerprint density at radius 2 is 1.84 bits per heavy atom. The molecule has 1 aromatic rings. The van der Waals surface area contributed by atoms with Crippen molar-refractivity contribution in [3.05, 3.63) is 35.9 Å². The molecule has 2 fully saturated rings. The van der Waals surface area contributed by atoms with E-state index in [1.807, 2.05) is 7.05 Å². The van der Waals surface area contributed by atoms with Gasteiger partial charge in [-0.05, 0) is 43.6 Å². The van der Waals surface area contributed by atoms with Crippen molar-refractivity contribution in [3.63, 3.8) is 0 Å². The fourth-order valence-corrected chi connectivity index (χ4v) is 3.87. The van der Waals surface area contributed by atoms with Crippen LogP contribution in [0.3, 0.4) is 0 Å². The predicted octanol–water partition coefficient (Wildman–Crippen LogP) is 4.13. The Hall–Kier alpha value is -0.820. The van der Waals surface area contributed by atoms with Gasteiger partial charge in [-0.2, -0.15) is 0 Å². The van der Waals surface area contributed by atoms with E-state index in [1.54, 1.807) is 0 Å². The third kappa shape index (κ3) is 5.84. The van der Waals surface area contributed by atoms with Gasteiger partial charge >= 0.3 is 0 Å². The molecule has 25 heavy (non-hydrogen) atoms. The first-order chi connectivity index (χ1) is 11.8. The SMILES string of the molecule is CN=C(NCC1CCOC1c1ccccc1)NC1CCC(C)CC1.I. The second-order valence-corrected chi connectivity index (χ2v) is 7.31. The highest BCUT2D eigenvalue weighted by Gasteiger charge is 2.29. The normalized spacial score (nSPS) is 29.8. The highest BCUT2D eigenvalue weighted by atomic mass is 127. The van der Waals surface area contributed by atoms with Crippen molar-refractivity contribution in [2.45, 2.75) is 51.2 Å². The number of hydrogen-bond acceptors (Lipinski definition) is 2. The molecule has 5 heteroatoms. The Balaban J connectivity index is 0.00000225. The van der Waals surface area contributed by atoms with E-state index in [9.17, 15) is 0 Å². The molecule has 0 amide bonds. The molecule has 2 aliphatic rings. The van der Waals surface area contributed by atoms with Crippen LogP contribution in [0.4, 0.5) is 0 Å². The number of halogens is 1. The van der Waals surface area contributed by atoms with E-state index in [2.05, 4.69) is 52.9 Å². The number of nitrogens with zero attached hydrogens (tertiary/aromatic N) is 1. The number of guanidine groups is 1. The first kappa shape index (κ1) is 20.5. The Labute approximate surface area is 169 Å². The number of hydrogen-bond donors (Lipinski definition) is 2. The van der Waals surface area contributed by atoms with Gasteiger partial charge in [0.2, 0.25) is 0 Å². The van der Waals surface area contributed by atoms with E-state index in [-0.39, 0.29) is 30.1 Å². The van der Waals surface area contributed by atoms with Crippen molar-refractivity contribution in [1.29, 1.82) is 0 Å². The molecule has 2 unspecified atom stereocenters. The molecule has 1 heterocycles. The van der Waals surface area contributed by atoms with Crippen LogP contribution in [0.1, 0.15) is 50.7 Å². The molecular formula is C20H32IN3O. The van der Waals surface area contributed by atoms with Gasteiger partial charge in [0.05, 0.1) is 6.10 Å². The lowest BCUT2D eigenvalue weighted by Gasteiger charge is -2.29. The zero-order chi connectivity index (χ0) is 16.8. The molecule has 140 valence electrons. The molecule has 1 saturated heterocycles. The van der Waals surface area contributed by atoms with Crippen molar-refractivity contribution in [3.8, 4) is 0 Å². The van der Waals surface area contributed by atoms with Crippen LogP contribution in [0.5, 0.6) is 0 Å². The standard InChI is InChI=1S/C20H31N3O.HI/c1-15-8-10-18(11-9-15)23-20(21-2)22-14-17-12-13-24-19(17)16-6-4-3-5-7-16;/h3-7,15,17-19H,8-14H2,1-2H3,(H2,21,22,23);1H. The summed E-state index contributed by atoms with van der Waals surface area (Å²) >= 11 is 0. The van der Waals surface area contributed by atoms with E-state index in [0.717, 1.165) is 31.4 Å². The lowest BCUT2D eigenvalue weighted by Crippen LogP contribution is -2.46. The van der Waals surface area contributed by atoms with Gasteiger partial charge in [0, 0.05) is 32.2 Å². The van der Waals surface area contributed by atoms with E-state index < -0.39 is 0 Å². The number of aliphatic imine (C=N–C) groups is 1. The molecular weight excluding hydrogens is 425 g/mol. The minimum absolute atomic E-state index is 0. The minimum atomic E-state index is 0. The summed E-state index contributed by atoms with van der Waals surface area (Å²) in [6, 6.07) is 11.1. The fraction of sp³-hybridized carbons (Fsp3) is 0.650. The maximum Gasteiger partial charge on any atom is 0.191 e. The molecule has 4 nitrogen and oxygen atoms in total. The lowest BCUT2D eigenvalue weighted by molar-refractivity contribution is 0.0915. The predicted molar refractivity (Wildman–Crippen MR) is 115 cm³/mol. The zero-order valence-corrected chi connectivity index (χ0v) is 17.7. The van der Waals surface area contributed by atoms with Gasteiger partial charge in [-0.3, -0.25) is 4.99 Å². The molecule has 1 aromatic carbocycles. The summed E-state index contributed by atoms with van der Waals surface area (Å²) < 4.78 is 5.98. The quantitative estimate of drug-likeness (QED) is 0.406. The molecule has 1 aliphatic heterocycles. The smallest absolute Gasteiger partial charge is 0.191 e. The molecule has 0 bridgehead atoms. The van der Waals surface area contributed by atoms with Crippen molar-refractivity contribution in [1.82, 2.24) is 10.6 Å². The lowest BCUT2D eigenvalue weighted by atomic mass is 9.87. The topological polar surface area (TPSA) is 45.7 Å². The summed E-state index contributed by atoms with van der Waals surface area (Å²) in [7, 11) is 1.86. The van der Waals surface area contributed by atoms with Crippen LogP contribution in [0.15, 0.2) is 35.3 Å². The van der Waals surface area contributed by atoms with E-state index in [4.69, 9.17) is 4.74 Å². The second-order valence-electron chi connectivity index (χ2n) is 7.31. The maximum absolute atomic E-state index is 5.98. The van der Waals surface area contributed by atoms with Crippen LogP contribution in [0.2, 0.25) is 0 Å². The molecule has 2 atom stereocenters. The van der Waals surface area contributed by atoms with Gasteiger partial charge in [-0.1, -0.05) is 37.3 Å². The summed E-state index contributed by atoms with van der Waals surface area (Å²) in [5.74, 6) is 2.31. The highest BCUT2D eigenvalue weighted by molar-refractivity contribution is 14.0. The van der Waals surface area contributed by atoms with Crippen molar-refractivity contribution >= 4 is 29.9 Å². The monoisotopic (exact) mass is 457 g/mol. The van der Waals surface area contributed by atoms with Gasteiger partial charge in [0.1, 0.15) is 0 Å². The second kappa shape index (κ2) is 10.4. The molecule has 2 N–H and O–H groups in total. The average molecular weight is 457 g/mol. The van der Waals surface area contributed by atoms with Gasteiger partial charge in [-0.15, -0.1) is 24.0 Å². The van der Waals surface area contributed by atoms with Crippen LogP contribution in [0.25, 0.3) is 0 Å². The molecule has 1 saturated carbocycles. The van der Waals surface area contributed by atoms with Crippen molar-refractivity contribution in [2.24, 2.45) is 16.8 Å². The van der Waals surface area contributed by atoms with Gasteiger partial charge in [-0.25, -0.2) is 0 Å². The van der Waals surface area contributed by atoms with Gasteiger partial charge < -0.3 is 15.4 Å². The van der Waals surface area contributed by atoms with Crippen molar-refractivity contribution in [2.75, 3.05) is 20.2 Å². The minimum Gasteiger partial charge on any atom is -0.373 e. The number of ether oxygens (including phenoxy) is 1. The van der Waals surface area contributed by atoms with Gasteiger partial charge in [0.25, 0.3) is 0 Å². The molecule has 0 spiro atoms. The number of benzene rings is 1. The van der Waals surface area contributed by atoms with E-state index >= 15 is 0 Å². The summed E-state index contributed by atoms with van der Waals surface area (Å²) in [5, 5.41) is 7.13. The summed E-state index contributed by atoms with van der Waals surface area (Å²) in [6.45, 7) is 4.11. The summed E-state index contributed by atoms with van der Waals surface area (Å²) in [6.07, 6.45) is 6.45. The Kier molecular flexibility index (Phi) is 8.49. The Bertz CT molecular complexity index is 529. The Morgan fingerprint density at radius 1 is 1.12 bits per heavy atom. The highest BCUT2D eigenvalue weighted by Crippen LogP contribution is 2.33. The molecule has 1 aliphatic carbocycles. The Morgan fingerprint density at radius 3 is 2.52 bits per heavy atom. The van der Waals surface area contributed by atoms with Crippen molar-refractivity contribution < 1.29 is 4.74 Å². The van der Waals surface area contributed by atoms with Crippen LogP contribution in [-0.4, -0.2) is 32.2 Å². The van der Waals surface area contributed by atoms with Crippen LogP contribution in [0, 0.1) is 11.8 Å². The van der Waals surface area contributed by atoms with Gasteiger partial charge in [0.15, 0.2) is 5.96 Å². The maximum atomic E-state index is 5.98. The zero-order valence-electron chi connectivity index (χ0n) is 15.4. The first-order valence-corrected chi connectivity index (χ1v) is 9.40. The third-order valence-electron chi connectivity index (χ3n) is 5.45. The number of nitrogens with one attached hydrogen (secondary N) is 2. The summed E-state index contributed by atoms with van der Waals surface area (Å²) in [4.78, 5) is 4.41. The van der Waals surface area contributed by atoms with Crippen LogP contribution in [-0.2, 0) is 4.74 Å². The first-order valence-electron chi connectivity index (χ1n) is 9.40. The molecule has 0 aromatic heterocycles. The fourth-order valence-electron chi connectivity index (χ4n) is 3.87. The number of rotatable bonds is 4. The third-order valence-corrected chi connectivity index (χ3v) is 5.45. The van der Waals surface area contributed by atoms with Crippen LogP contribution < -0.4 is 10.6 Å². The molecule has 0 radical (unpaired) electrons. The molecule has 3 rings (SSSR count). The average Bonchev–Trinajstić information content (AvgIpc) is 3.09. The van der Waals surface area contributed by atoms with E-state index in [0.29, 0.717) is 12.0 Å². The summed E-state index contributed by atoms with van der Waals surface area (Å²) in [5.41, 5.74) is 1.28. The van der Waals surface area contributed by atoms with Crippen LogP contribution >= 0.6 is 24.0 Å². The van der Waals surface area contributed by atoms with E-state index in [1.165, 1.54) is 31.2 Å².